The molecule has 0 bridgehead atoms. The Hall–Kier alpha value is -3.78. The van der Waals surface area contributed by atoms with E-state index >= 15 is 0 Å². The minimum absolute atomic E-state index is 0.0465. The van der Waals surface area contributed by atoms with Crippen molar-refractivity contribution in [2.75, 3.05) is 26.2 Å². The summed E-state index contributed by atoms with van der Waals surface area (Å²) >= 11 is 11.8. The molecule has 0 amide bonds. The van der Waals surface area contributed by atoms with Crippen LogP contribution in [0.25, 0.3) is 0 Å². The van der Waals surface area contributed by atoms with Crippen LogP contribution < -0.4 is 10.6 Å². The average Bonchev–Trinajstić information content (AvgIpc) is 3.52. The zero-order valence-electron chi connectivity index (χ0n) is 23.8. The zero-order valence-corrected chi connectivity index (χ0v) is 25.3. The van der Waals surface area contributed by atoms with E-state index in [0.29, 0.717) is 61.2 Å². The third-order valence-electron chi connectivity index (χ3n) is 7.59. The Balaban J connectivity index is 1.17. The van der Waals surface area contributed by atoms with Gasteiger partial charge < -0.3 is 20.4 Å². The number of nitrogens with one attached hydrogen (secondary N) is 2. The maximum atomic E-state index is 11.0. The van der Waals surface area contributed by atoms with Gasteiger partial charge in [-0.1, -0.05) is 67.4 Å². The predicted octanol–water partition coefficient (Wildman–Crippen LogP) is 3.94. The molecule has 14 nitrogen and oxygen atoms in total. The monoisotopic (exact) mass is 634 g/mol. The highest BCUT2D eigenvalue weighted by atomic mass is 35.5. The van der Waals surface area contributed by atoms with E-state index in [2.05, 4.69) is 30.8 Å². The first kappa shape index (κ1) is 32.1. The van der Waals surface area contributed by atoms with Crippen LogP contribution in [-0.2, 0) is 12.8 Å². The summed E-state index contributed by atoms with van der Waals surface area (Å²) in [6, 6.07) is 7.42. The molecule has 2 aliphatic heterocycles. The number of rotatable bonds is 16. The van der Waals surface area contributed by atoms with Crippen LogP contribution >= 0.6 is 23.2 Å². The van der Waals surface area contributed by atoms with Crippen LogP contribution in [0.5, 0.6) is 0 Å². The average molecular weight is 636 g/mol. The Kier molecular flexibility index (Phi) is 12.1. The maximum Gasteiger partial charge on any atom is 0.271 e. The van der Waals surface area contributed by atoms with Crippen molar-refractivity contribution < 1.29 is 10.1 Å². The molecule has 16 heteroatoms. The molecule has 2 aromatic heterocycles. The summed E-state index contributed by atoms with van der Waals surface area (Å²) in [5.74, 6) is 0.609. The van der Waals surface area contributed by atoms with Crippen LogP contribution in [0.4, 0.5) is 0 Å². The lowest BCUT2D eigenvalue weighted by Gasteiger charge is -2.24. The fraction of sp³-hybridized carbons (Fsp3) is 0.556. The number of nitro groups is 2. The van der Waals surface area contributed by atoms with E-state index in [1.54, 1.807) is 24.5 Å². The molecule has 0 aliphatic carbocycles. The lowest BCUT2D eigenvalue weighted by molar-refractivity contribution is -0.485. The lowest BCUT2D eigenvalue weighted by atomic mass is 10.1. The second kappa shape index (κ2) is 16.2. The van der Waals surface area contributed by atoms with Crippen molar-refractivity contribution in [3.05, 3.63) is 78.3 Å². The van der Waals surface area contributed by atoms with Crippen molar-refractivity contribution in [3.63, 3.8) is 0 Å². The molecule has 2 atom stereocenters. The van der Waals surface area contributed by atoms with Gasteiger partial charge in [-0.05, 0) is 48.9 Å². The molecule has 0 aromatic carbocycles. The second-order valence-corrected chi connectivity index (χ2v) is 11.4. The number of guanidine groups is 2. The van der Waals surface area contributed by atoms with Gasteiger partial charge in [0.15, 0.2) is 10.1 Å². The largest absolute Gasteiger partial charge is 0.349 e. The van der Waals surface area contributed by atoms with Gasteiger partial charge in [-0.3, -0.25) is 0 Å². The molecule has 4 heterocycles. The minimum atomic E-state index is -0.664. The van der Waals surface area contributed by atoms with Crippen molar-refractivity contribution in [3.8, 4) is 0 Å². The number of nitrogens with zero attached hydrogens (tertiary/aromatic N) is 8. The van der Waals surface area contributed by atoms with Crippen molar-refractivity contribution in [1.29, 1.82) is 0 Å². The summed E-state index contributed by atoms with van der Waals surface area (Å²) in [7, 11) is 0. The van der Waals surface area contributed by atoms with Crippen LogP contribution in [0.1, 0.15) is 56.1 Å². The maximum absolute atomic E-state index is 11.0. The number of pyridine rings is 2. The molecule has 2 aliphatic rings. The SMILES string of the molecule is O=[N+]([O-])N=C1NCC(Cc2ccc(Cl)nc2)N1CCCCCCCCCN1C(=N[N+](=O)[O-])NCC1Cc1ccc(Cl)nc1. The Bertz CT molecular complexity index is 1180. The van der Waals surface area contributed by atoms with Gasteiger partial charge in [0.2, 0.25) is 0 Å². The highest BCUT2D eigenvalue weighted by Gasteiger charge is 2.32. The molecule has 0 saturated carbocycles. The fourth-order valence-electron chi connectivity index (χ4n) is 5.52. The Morgan fingerprint density at radius 2 is 1.12 bits per heavy atom. The first-order valence-corrected chi connectivity index (χ1v) is 15.2. The van der Waals surface area contributed by atoms with Crippen molar-refractivity contribution in [2.45, 2.75) is 69.9 Å². The molecule has 4 rings (SSSR count). The van der Waals surface area contributed by atoms with E-state index in [9.17, 15) is 20.2 Å². The molecule has 2 N–H and O–H groups in total. The first-order chi connectivity index (χ1) is 20.8. The Morgan fingerprint density at radius 3 is 1.47 bits per heavy atom. The normalized spacial score (nSPS) is 20.0. The highest BCUT2D eigenvalue weighted by Crippen LogP contribution is 2.19. The summed E-state index contributed by atoms with van der Waals surface area (Å²) < 4.78 is 0. The van der Waals surface area contributed by atoms with Crippen LogP contribution in [0, 0.1) is 20.2 Å². The molecular weight excluding hydrogens is 599 g/mol. The van der Waals surface area contributed by atoms with Crippen LogP contribution in [-0.4, -0.2) is 80.0 Å². The van der Waals surface area contributed by atoms with Gasteiger partial charge in [-0.15, -0.1) is 0 Å². The summed E-state index contributed by atoms with van der Waals surface area (Å²) in [4.78, 5) is 34.3. The van der Waals surface area contributed by atoms with Crippen LogP contribution in [0.15, 0.2) is 46.9 Å². The smallest absolute Gasteiger partial charge is 0.271 e. The summed E-state index contributed by atoms with van der Waals surface area (Å²) in [5, 5.41) is 34.9. The highest BCUT2D eigenvalue weighted by molar-refractivity contribution is 6.29. The lowest BCUT2D eigenvalue weighted by Crippen LogP contribution is -2.37. The molecule has 2 unspecified atom stereocenters. The molecule has 2 fully saturated rings. The van der Waals surface area contributed by atoms with Gasteiger partial charge in [0.25, 0.3) is 11.9 Å². The molecule has 232 valence electrons. The summed E-state index contributed by atoms with van der Waals surface area (Å²) in [5.41, 5.74) is 2.02. The first-order valence-electron chi connectivity index (χ1n) is 14.5. The minimum Gasteiger partial charge on any atom is -0.349 e. The van der Waals surface area contributed by atoms with E-state index in [-0.39, 0.29) is 12.1 Å². The number of hydrogen-bond donors (Lipinski definition) is 2. The number of halogens is 2. The second-order valence-electron chi connectivity index (χ2n) is 10.6. The van der Waals surface area contributed by atoms with Crippen LogP contribution in [0.3, 0.4) is 0 Å². The molecule has 2 aromatic rings. The third kappa shape index (κ3) is 10.2. The quantitative estimate of drug-likeness (QED) is 0.119. The molecule has 43 heavy (non-hydrogen) atoms. The number of aromatic nitrogens is 2. The summed E-state index contributed by atoms with van der Waals surface area (Å²) in [6.45, 7) is 2.51. The van der Waals surface area contributed by atoms with E-state index in [1.807, 2.05) is 21.9 Å². The zero-order chi connectivity index (χ0) is 30.6. The summed E-state index contributed by atoms with van der Waals surface area (Å²) in [6.07, 6.45) is 11.8. The van der Waals surface area contributed by atoms with Gasteiger partial charge in [0, 0.05) is 38.6 Å². The number of hydrogen-bond acceptors (Lipinski definition) is 6. The van der Waals surface area contributed by atoms with E-state index in [1.165, 1.54) is 0 Å². The molecular formula is C27H36Cl2N10O4. The van der Waals surface area contributed by atoms with E-state index in [4.69, 9.17) is 23.2 Å². The predicted molar refractivity (Wildman–Crippen MR) is 164 cm³/mol. The van der Waals surface area contributed by atoms with E-state index < -0.39 is 10.1 Å². The van der Waals surface area contributed by atoms with Crippen molar-refractivity contribution in [2.24, 2.45) is 10.2 Å². The van der Waals surface area contributed by atoms with Gasteiger partial charge in [0.05, 0.1) is 12.1 Å². The van der Waals surface area contributed by atoms with Gasteiger partial charge in [-0.25, -0.2) is 30.2 Å². The number of hydrazone groups is 2. The van der Waals surface area contributed by atoms with Crippen molar-refractivity contribution >= 4 is 35.1 Å². The van der Waals surface area contributed by atoms with Crippen LogP contribution in [0.2, 0.25) is 10.3 Å². The Morgan fingerprint density at radius 1 is 0.721 bits per heavy atom. The van der Waals surface area contributed by atoms with Gasteiger partial charge in [0.1, 0.15) is 20.5 Å². The molecule has 0 spiro atoms. The third-order valence-corrected chi connectivity index (χ3v) is 8.04. The number of unbranched alkanes of at least 4 members (excludes halogenated alkanes) is 6. The molecule has 0 radical (unpaired) electrons. The van der Waals surface area contributed by atoms with Gasteiger partial charge in [-0.2, -0.15) is 0 Å². The van der Waals surface area contributed by atoms with E-state index in [0.717, 1.165) is 56.1 Å². The Labute approximate surface area is 259 Å². The van der Waals surface area contributed by atoms with Gasteiger partial charge >= 0.3 is 0 Å². The van der Waals surface area contributed by atoms with Crippen molar-refractivity contribution in [1.82, 2.24) is 30.4 Å². The molecule has 2 saturated heterocycles. The standard InChI is InChI=1S/C27H36Cl2N10O4/c28-24-10-8-20(16-30-24)14-22-18-32-26(34-38(40)41)36(22)12-6-4-2-1-3-5-7-13-37-23(19-33-27(37)35-39(42)43)15-21-9-11-25(29)31-17-21/h8-11,16-17,22-23H,1-7,12-15,18-19H2,(H,32,34)(H,33,35). The fourth-order valence-corrected chi connectivity index (χ4v) is 5.74. The topological polar surface area (TPSA) is 167 Å².